The molecule has 92 valence electrons. The Bertz CT molecular complexity index is 495. The molecule has 4 heteroatoms. The molecule has 0 unspecified atom stereocenters. The van der Waals surface area contributed by atoms with Crippen LogP contribution >= 0.6 is 12.4 Å². The van der Waals surface area contributed by atoms with E-state index in [4.69, 9.17) is 0 Å². The normalized spacial score (nSPS) is 10.1. The largest absolute Gasteiger partial charge is 0.357 e. The minimum atomic E-state index is 0. The lowest BCUT2D eigenvalue weighted by Gasteiger charge is -2.21. The lowest BCUT2D eigenvalue weighted by molar-refractivity contribution is 0.843. The second-order valence-corrected chi connectivity index (χ2v) is 3.78. The molecule has 0 saturated carbocycles. The van der Waals surface area contributed by atoms with Crippen LogP contribution in [0.2, 0.25) is 0 Å². The molecule has 0 aliphatic rings. The number of aryl methyl sites for hydroxylation is 1. The van der Waals surface area contributed by atoms with E-state index in [9.17, 15) is 0 Å². The Balaban J connectivity index is 0.00000144. The van der Waals surface area contributed by atoms with Gasteiger partial charge < -0.3 is 4.90 Å². The number of halogens is 1. The topological polar surface area (TPSA) is 29.0 Å². The number of aromatic nitrogens is 2. The number of benzene rings is 1. The number of fused-ring (bicyclic) bond motifs is 1. The van der Waals surface area contributed by atoms with Crippen molar-refractivity contribution in [3.8, 4) is 0 Å². The first kappa shape index (κ1) is 13.7. The average Bonchev–Trinajstić information content (AvgIpc) is 2.30. The van der Waals surface area contributed by atoms with Crippen LogP contribution in [0.1, 0.15) is 19.7 Å². The van der Waals surface area contributed by atoms with E-state index < -0.39 is 0 Å². The van der Waals surface area contributed by atoms with Crippen molar-refractivity contribution < 1.29 is 0 Å². The number of hydrogen-bond donors (Lipinski definition) is 0. The van der Waals surface area contributed by atoms with E-state index >= 15 is 0 Å². The van der Waals surface area contributed by atoms with Crippen LogP contribution in [0.5, 0.6) is 0 Å². The Labute approximate surface area is 108 Å². The lowest BCUT2D eigenvalue weighted by atomic mass is 10.2. The van der Waals surface area contributed by atoms with E-state index in [1.165, 1.54) is 0 Å². The predicted octanol–water partition coefficient (Wildman–Crippen LogP) is 3.21. The first-order valence-corrected chi connectivity index (χ1v) is 5.74. The monoisotopic (exact) mass is 251 g/mol. The molecule has 2 aromatic rings. The average molecular weight is 252 g/mol. The maximum atomic E-state index is 4.56. The highest BCUT2D eigenvalue weighted by molar-refractivity contribution is 5.89. The number of rotatable bonds is 3. The van der Waals surface area contributed by atoms with Gasteiger partial charge in [0.1, 0.15) is 11.6 Å². The second-order valence-electron chi connectivity index (χ2n) is 3.78. The SMILES string of the molecule is CCN(CC)c1nc(C)nc2ccccc12.Cl. The highest BCUT2D eigenvalue weighted by Crippen LogP contribution is 2.23. The zero-order chi connectivity index (χ0) is 11.5. The molecule has 0 N–H and O–H groups in total. The molecule has 0 bridgehead atoms. The first-order valence-electron chi connectivity index (χ1n) is 5.74. The van der Waals surface area contributed by atoms with Gasteiger partial charge in [0, 0.05) is 18.5 Å². The number of para-hydroxylation sites is 1. The minimum absolute atomic E-state index is 0. The molecule has 3 nitrogen and oxygen atoms in total. The Morgan fingerprint density at radius 2 is 1.71 bits per heavy atom. The molecule has 0 spiro atoms. The summed E-state index contributed by atoms with van der Waals surface area (Å²) in [6.45, 7) is 8.18. The van der Waals surface area contributed by atoms with Gasteiger partial charge in [-0.1, -0.05) is 12.1 Å². The Hall–Kier alpha value is -1.35. The predicted molar refractivity (Wildman–Crippen MR) is 75.1 cm³/mol. The van der Waals surface area contributed by atoms with Crippen LogP contribution in [-0.2, 0) is 0 Å². The van der Waals surface area contributed by atoms with Crippen molar-refractivity contribution in [1.29, 1.82) is 0 Å². The van der Waals surface area contributed by atoms with Crippen LogP contribution in [0, 0.1) is 6.92 Å². The fraction of sp³-hybridized carbons (Fsp3) is 0.385. The molecule has 0 atom stereocenters. The van der Waals surface area contributed by atoms with Crippen molar-refractivity contribution in [2.24, 2.45) is 0 Å². The van der Waals surface area contributed by atoms with Crippen molar-refractivity contribution in [3.05, 3.63) is 30.1 Å². The van der Waals surface area contributed by atoms with Gasteiger partial charge >= 0.3 is 0 Å². The van der Waals surface area contributed by atoms with Crippen LogP contribution in [0.4, 0.5) is 5.82 Å². The summed E-state index contributed by atoms with van der Waals surface area (Å²) in [5, 5.41) is 1.14. The van der Waals surface area contributed by atoms with Gasteiger partial charge in [-0.15, -0.1) is 12.4 Å². The maximum Gasteiger partial charge on any atom is 0.140 e. The van der Waals surface area contributed by atoms with Gasteiger partial charge in [-0.3, -0.25) is 0 Å². The van der Waals surface area contributed by atoms with Crippen LogP contribution in [0.15, 0.2) is 24.3 Å². The fourth-order valence-corrected chi connectivity index (χ4v) is 1.94. The van der Waals surface area contributed by atoms with Gasteiger partial charge in [0.25, 0.3) is 0 Å². The molecule has 0 saturated heterocycles. The van der Waals surface area contributed by atoms with Crippen molar-refractivity contribution in [3.63, 3.8) is 0 Å². The van der Waals surface area contributed by atoms with Crippen molar-refractivity contribution in [2.45, 2.75) is 20.8 Å². The molecular weight excluding hydrogens is 234 g/mol. The molecule has 1 aromatic carbocycles. The molecule has 17 heavy (non-hydrogen) atoms. The zero-order valence-electron chi connectivity index (χ0n) is 10.5. The van der Waals surface area contributed by atoms with Crippen LogP contribution in [-0.4, -0.2) is 23.1 Å². The van der Waals surface area contributed by atoms with E-state index in [0.29, 0.717) is 0 Å². The number of anilines is 1. The highest BCUT2D eigenvalue weighted by Gasteiger charge is 2.09. The van der Waals surface area contributed by atoms with Gasteiger partial charge in [-0.25, -0.2) is 9.97 Å². The lowest BCUT2D eigenvalue weighted by Crippen LogP contribution is -2.23. The summed E-state index contributed by atoms with van der Waals surface area (Å²) in [5.41, 5.74) is 1.02. The minimum Gasteiger partial charge on any atom is -0.357 e. The Morgan fingerprint density at radius 3 is 2.35 bits per heavy atom. The second kappa shape index (κ2) is 5.82. The van der Waals surface area contributed by atoms with Crippen molar-refractivity contribution >= 4 is 29.1 Å². The van der Waals surface area contributed by atoms with Gasteiger partial charge in [0.05, 0.1) is 5.52 Å². The van der Waals surface area contributed by atoms with Gasteiger partial charge in [-0.05, 0) is 32.9 Å². The van der Waals surface area contributed by atoms with E-state index in [-0.39, 0.29) is 12.4 Å². The molecule has 0 aliphatic heterocycles. The highest BCUT2D eigenvalue weighted by atomic mass is 35.5. The van der Waals surface area contributed by atoms with Gasteiger partial charge in [0.15, 0.2) is 0 Å². The van der Waals surface area contributed by atoms with Crippen molar-refractivity contribution in [2.75, 3.05) is 18.0 Å². The standard InChI is InChI=1S/C13H17N3.ClH/c1-4-16(5-2)13-11-8-6-7-9-12(11)14-10(3)15-13;/h6-9H,4-5H2,1-3H3;1H. The van der Waals surface area contributed by atoms with E-state index in [1.54, 1.807) is 0 Å². The summed E-state index contributed by atoms with van der Waals surface area (Å²) < 4.78 is 0. The van der Waals surface area contributed by atoms with E-state index in [0.717, 1.165) is 35.6 Å². The smallest absolute Gasteiger partial charge is 0.140 e. The van der Waals surface area contributed by atoms with E-state index in [1.807, 2.05) is 25.1 Å². The first-order chi connectivity index (χ1) is 7.76. The van der Waals surface area contributed by atoms with Crippen LogP contribution in [0.25, 0.3) is 10.9 Å². The summed E-state index contributed by atoms with van der Waals surface area (Å²) >= 11 is 0. The summed E-state index contributed by atoms with van der Waals surface area (Å²) in [5.74, 6) is 1.88. The third kappa shape index (κ3) is 2.67. The van der Waals surface area contributed by atoms with Crippen LogP contribution in [0.3, 0.4) is 0 Å². The molecule has 0 radical (unpaired) electrons. The quantitative estimate of drug-likeness (QED) is 0.839. The molecule has 0 fully saturated rings. The maximum absolute atomic E-state index is 4.56. The molecule has 1 aromatic heterocycles. The van der Waals surface area contributed by atoms with Gasteiger partial charge in [0.2, 0.25) is 0 Å². The fourth-order valence-electron chi connectivity index (χ4n) is 1.94. The Morgan fingerprint density at radius 1 is 1.06 bits per heavy atom. The zero-order valence-corrected chi connectivity index (χ0v) is 11.3. The summed E-state index contributed by atoms with van der Waals surface area (Å²) in [6.07, 6.45) is 0. The third-order valence-electron chi connectivity index (χ3n) is 2.76. The van der Waals surface area contributed by atoms with E-state index in [2.05, 4.69) is 34.8 Å². The summed E-state index contributed by atoms with van der Waals surface area (Å²) in [6, 6.07) is 8.17. The number of nitrogens with zero attached hydrogens (tertiary/aromatic N) is 3. The van der Waals surface area contributed by atoms with Crippen LogP contribution < -0.4 is 4.90 Å². The van der Waals surface area contributed by atoms with Gasteiger partial charge in [-0.2, -0.15) is 0 Å². The summed E-state index contributed by atoms with van der Waals surface area (Å²) in [4.78, 5) is 11.3. The summed E-state index contributed by atoms with van der Waals surface area (Å²) in [7, 11) is 0. The molecule has 0 aliphatic carbocycles. The van der Waals surface area contributed by atoms with Crippen molar-refractivity contribution in [1.82, 2.24) is 9.97 Å². The number of hydrogen-bond acceptors (Lipinski definition) is 3. The molecule has 0 amide bonds. The Kier molecular flexibility index (Phi) is 4.70. The molecular formula is C13H18ClN3. The molecule has 2 rings (SSSR count). The molecule has 1 heterocycles. The third-order valence-corrected chi connectivity index (χ3v) is 2.76.